The number of Topliss-reactive ketones (excluding diaryl/α,β-unsaturated/α-hetero) is 1. The topological polar surface area (TPSA) is 143 Å². The van der Waals surface area contributed by atoms with Crippen LogP contribution in [0.4, 0.5) is 4.79 Å². The van der Waals surface area contributed by atoms with E-state index in [1.165, 1.54) is 0 Å². The van der Waals surface area contributed by atoms with Gasteiger partial charge in [0.25, 0.3) is 5.91 Å². The Balaban J connectivity index is 1.53. The van der Waals surface area contributed by atoms with Gasteiger partial charge in [-0.2, -0.15) is 0 Å². The number of halogens is 1. The third-order valence-corrected chi connectivity index (χ3v) is 8.94. The van der Waals surface area contributed by atoms with Crippen LogP contribution in [0.3, 0.4) is 0 Å². The number of ketones is 1. The predicted molar refractivity (Wildman–Crippen MR) is 175 cm³/mol. The zero-order chi connectivity index (χ0) is 33.3. The molecule has 2 aromatic carbocycles. The molecule has 1 saturated heterocycles. The van der Waals surface area contributed by atoms with E-state index < -0.39 is 53.2 Å². The fourth-order valence-corrected chi connectivity index (χ4v) is 5.94. The molecule has 10 nitrogen and oxygen atoms in total. The second kappa shape index (κ2) is 16.1. The molecule has 11 heteroatoms. The highest BCUT2D eigenvalue weighted by Crippen LogP contribution is 2.40. The highest BCUT2D eigenvalue weighted by molar-refractivity contribution is 6.38. The van der Waals surface area contributed by atoms with E-state index in [1.54, 1.807) is 6.07 Å². The van der Waals surface area contributed by atoms with Crippen LogP contribution in [0.1, 0.15) is 89.4 Å². The van der Waals surface area contributed by atoms with Gasteiger partial charge in [0.05, 0.1) is 6.04 Å². The van der Waals surface area contributed by atoms with Crippen LogP contribution >= 0.6 is 11.6 Å². The summed E-state index contributed by atoms with van der Waals surface area (Å²) in [7, 11) is 0. The second-order valence-electron chi connectivity index (χ2n) is 12.8. The van der Waals surface area contributed by atoms with Crippen molar-refractivity contribution in [1.82, 2.24) is 21.3 Å². The van der Waals surface area contributed by atoms with Crippen molar-refractivity contribution in [3.05, 3.63) is 70.7 Å². The highest BCUT2D eigenvalue weighted by atomic mass is 35.5. The first-order valence-corrected chi connectivity index (χ1v) is 16.6. The smallest absolute Gasteiger partial charge is 0.408 e. The number of hydrogen-bond acceptors (Lipinski definition) is 6. The summed E-state index contributed by atoms with van der Waals surface area (Å²) in [5, 5.41) is 11.4. The number of alkyl carbamates (subject to hydrolysis) is 1. The van der Waals surface area contributed by atoms with Gasteiger partial charge in [-0.25, -0.2) is 4.79 Å². The summed E-state index contributed by atoms with van der Waals surface area (Å²) in [6, 6.07) is 14.4. The summed E-state index contributed by atoms with van der Waals surface area (Å²) in [6.45, 7) is 6.40. The highest BCUT2D eigenvalue weighted by Gasteiger charge is 2.39. The molecule has 4 rings (SSSR count). The van der Waals surface area contributed by atoms with Crippen LogP contribution in [0, 0.1) is 5.92 Å². The van der Waals surface area contributed by atoms with Crippen LogP contribution in [-0.2, 0) is 29.3 Å². The van der Waals surface area contributed by atoms with Gasteiger partial charge in [0.15, 0.2) is 0 Å². The van der Waals surface area contributed by atoms with Crippen molar-refractivity contribution in [2.75, 3.05) is 6.54 Å². The number of rotatable bonds is 16. The molecule has 0 spiro atoms. The van der Waals surface area contributed by atoms with E-state index in [0.717, 1.165) is 36.8 Å². The lowest BCUT2D eigenvalue weighted by molar-refractivity contribution is -0.141. The molecule has 1 saturated carbocycles. The van der Waals surface area contributed by atoms with Crippen molar-refractivity contribution in [2.45, 2.75) is 102 Å². The van der Waals surface area contributed by atoms with Crippen LogP contribution in [0.5, 0.6) is 0 Å². The quantitative estimate of drug-likeness (QED) is 0.150. The van der Waals surface area contributed by atoms with Gasteiger partial charge in [0, 0.05) is 28.9 Å². The fraction of sp³-hybridized carbons (Fsp3) is 0.514. The molecule has 2 aromatic rings. The molecule has 1 aliphatic heterocycles. The van der Waals surface area contributed by atoms with Gasteiger partial charge in [-0.3, -0.25) is 19.2 Å². The van der Waals surface area contributed by atoms with E-state index in [1.807, 2.05) is 69.3 Å². The van der Waals surface area contributed by atoms with Gasteiger partial charge in [-0.15, -0.1) is 0 Å². The van der Waals surface area contributed by atoms with Gasteiger partial charge < -0.3 is 26.0 Å². The van der Waals surface area contributed by atoms with Gasteiger partial charge in [0.1, 0.15) is 12.1 Å². The maximum atomic E-state index is 13.7. The predicted octanol–water partition coefficient (Wildman–Crippen LogP) is 4.89. The SMILES string of the molecule is CCCCCC(NC(=O)OC(c1ccccc1)C(C)(C)c1cccc(Cl)c1)C(=O)NC(CC1CCNC1=O)C(=O)C(=O)NC1CC1. The number of hydrogen-bond donors (Lipinski definition) is 4. The fourth-order valence-electron chi connectivity index (χ4n) is 5.75. The van der Waals surface area contributed by atoms with E-state index in [4.69, 9.17) is 16.3 Å². The molecule has 4 unspecified atom stereocenters. The first-order valence-electron chi connectivity index (χ1n) is 16.2. The van der Waals surface area contributed by atoms with Crippen LogP contribution in [0.2, 0.25) is 5.02 Å². The Labute approximate surface area is 275 Å². The monoisotopic (exact) mass is 652 g/mol. The van der Waals surface area contributed by atoms with Gasteiger partial charge in [-0.05, 0) is 55.4 Å². The van der Waals surface area contributed by atoms with Crippen LogP contribution in [0.25, 0.3) is 0 Å². The number of amides is 4. The zero-order valence-electron chi connectivity index (χ0n) is 26.8. The first kappa shape index (κ1) is 34.9. The number of unbranched alkanes of at least 4 members (excludes halogenated alkanes) is 2. The van der Waals surface area contributed by atoms with Crippen molar-refractivity contribution in [1.29, 1.82) is 0 Å². The standard InChI is InChI=1S/C35H45ClN4O6/c1-4-5-7-15-27(32(43)39-28(20-23-18-19-37-31(23)42)29(41)33(44)38-26-16-17-26)40-34(45)46-30(22-11-8-6-9-12-22)35(2,3)24-13-10-14-25(36)21-24/h6,8-14,21,23,26-28,30H,4-5,7,15-20H2,1-3H3,(H,37,42)(H,38,44)(H,39,43)(H,40,45). The number of carbonyl (C=O) groups excluding carboxylic acids is 5. The van der Waals surface area contributed by atoms with E-state index in [2.05, 4.69) is 21.3 Å². The Morgan fingerprint density at radius 3 is 2.35 bits per heavy atom. The summed E-state index contributed by atoms with van der Waals surface area (Å²) < 4.78 is 6.09. The lowest BCUT2D eigenvalue weighted by Crippen LogP contribution is -2.55. The molecule has 1 heterocycles. The average Bonchev–Trinajstić information content (AvgIpc) is 3.76. The first-order chi connectivity index (χ1) is 22.0. The van der Waals surface area contributed by atoms with Crippen molar-refractivity contribution in [2.24, 2.45) is 5.92 Å². The molecule has 46 heavy (non-hydrogen) atoms. The third kappa shape index (κ3) is 9.55. The van der Waals surface area contributed by atoms with E-state index in [-0.39, 0.29) is 18.4 Å². The number of ether oxygens (including phenoxy) is 1. The van der Waals surface area contributed by atoms with Crippen LogP contribution in [-0.4, -0.2) is 54.3 Å². The van der Waals surface area contributed by atoms with Gasteiger partial charge in [-0.1, -0.05) is 94.1 Å². The average molecular weight is 653 g/mol. The summed E-state index contributed by atoms with van der Waals surface area (Å²) >= 11 is 6.31. The normalized spacial score (nSPS) is 18.1. The molecule has 248 valence electrons. The summed E-state index contributed by atoms with van der Waals surface area (Å²) in [5.74, 6) is -2.93. The number of nitrogens with one attached hydrogen (secondary N) is 4. The Hall–Kier alpha value is -3.92. The molecule has 2 aliphatic rings. The third-order valence-electron chi connectivity index (χ3n) is 8.71. The minimum Gasteiger partial charge on any atom is -0.440 e. The van der Waals surface area contributed by atoms with Crippen LogP contribution in [0.15, 0.2) is 54.6 Å². The van der Waals surface area contributed by atoms with Crippen molar-refractivity contribution >= 4 is 41.2 Å². The Kier molecular flexibility index (Phi) is 12.2. The summed E-state index contributed by atoms with van der Waals surface area (Å²) in [6.07, 6.45) is 3.18. The molecule has 4 atom stereocenters. The minimum absolute atomic E-state index is 0.00940. The zero-order valence-corrected chi connectivity index (χ0v) is 27.5. The molecular formula is C35H45ClN4O6. The van der Waals surface area contributed by atoms with Gasteiger partial charge in [0.2, 0.25) is 17.6 Å². The largest absolute Gasteiger partial charge is 0.440 e. The van der Waals surface area contributed by atoms with Crippen molar-refractivity contribution in [3.63, 3.8) is 0 Å². The Morgan fingerprint density at radius 1 is 0.978 bits per heavy atom. The van der Waals surface area contributed by atoms with Gasteiger partial charge >= 0.3 is 6.09 Å². The molecule has 4 N–H and O–H groups in total. The summed E-state index contributed by atoms with van der Waals surface area (Å²) in [5.41, 5.74) is 0.912. The van der Waals surface area contributed by atoms with E-state index in [0.29, 0.717) is 30.8 Å². The molecule has 4 amide bonds. The lowest BCUT2D eigenvalue weighted by atomic mass is 9.76. The number of benzene rings is 2. The van der Waals surface area contributed by atoms with Crippen molar-refractivity contribution < 1.29 is 28.7 Å². The Bertz CT molecular complexity index is 1400. The Morgan fingerprint density at radius 2 is 1.72 bits per heavy atom. The molecule has 0 aromatic heterocycles. The van der Waals surface area contributed by atoms with E-state index in [9.17, 15) is 24.0 Å². The lowest BCUT2D eigenvalue weighted by Gasteiger charge is -2.35. The molecule has 0 radical (unpaired) electrons. The summed E-state index contributed by atoms with van der Waals surface area (Å²) in [4.78, 5) is 65.6. The van der Waals surface area contributed by atoms with Crippen molar-refractivity contribution in [3.8, 4) is 0 Å². The minimum atomic E-state index is -1.22. The maximum absolute atomic E-state index is 13.7. The second-order valence-corrected chi connectivity index (χ2v) is 13.2. The molecule has 2 fully saturated rings. The maximum Gasteiger partial charge on any atom is 0.408 e. The molecule has 0 bridgehead atoms. The van der Waals surface area contributed by atoms with E-state index >= 15 is 0 Å². The number of carbonyl (C=O) groups is 5. The molecule has 1 aliphatic carbocycles. The molecular weight excluding hydrogens is 608 g/mol. The van der Waals surface area contributed by atoms with Crippen LogP contribution < -0.4 is 21.3 Å².